The van der Waals surface area contributed by atoms with Crippen LogP contribution in [0.15, 0.2) is 12.3 Å². The van der Waals surface area contributed by atoms with Crippen molar-refractivity contribution in [1.29, 1.82) is 0 Å². The van der Waals surface area contributed by atoms with Gasteiger partial charge in [-0.3, -0.25) is 4.68 Å². The van der Waals surface area contributed by atoms with E-state index in [4.69, 9.17) is 5.73 Å². The number of nitrogens with two attached hydrogens (primary N) is 1. The van der Waals surface area contributed by atoms with Crippen LogP contribution in [0.4, 0.5) is 0 Å². The molecule has 1 aliphatic rings. The van der Waals surface area contributed by atoms with Crippen molar-refractivity contribution >= 4 is 0 Å². The summed E-state index contributed by atoms with van der Waals surface area (Å²) in [5.74, 6) is 0. The minimum Gasteiger partial charge on any atom is -0.325 e. The summed E-state index contributed by atoms with van der Waals surface area (Å²) in [6.07, 6.45) is 6.57. The maximum Gasteiger partial charge on any atom is 0.0643 e. The molecule has 2 N–H and O–H groups in total. The summed E-state index contributed by atoms with van der Waals surface area (Å²) in [5, 5.41) is 4.51. The van der Waals surface area contributed by atoms with Crippen molar-refractivity contribution < 1.29 is 0 Å². The van der Waals surface area contributed by atoms with Crippen molar-refractivity contribution in [2.24, 2.45) is 5.73 Å². The van der Waals surface area contributed by atoms with Crippen LogP contribution in [0, 0.1) is 0 Å². The predicted octanol–water partition coefficient (Wildman–Crippen LogP) is 1.89. The van der Waals surface area contributed by atoms with E-state index in [1.807, 2.05) is 10.9 Å². The molecular formula is C11H19N3. The fourth-order valence-electron chi connectivity index (χ4n) is 1.93. The minimum absolute atomic E-state index is 0.0517. The summed E-state index contributed by atoms with van der Waals surface area (Å²) in [4.78, 5) is 0. The molecule has 0 atom stereocenters. The molecule has 2 rings (SSSR count). The van der Waals surface area contributed by atoms with Gasteiger partial charge in [-0.2, -0.15) is 5.10 Å². The van der Waals surface area contributed by atoms with E-state index >= 15 is 0 Å². The molecular weight excluding hydrogens is 174 g/mol. The van der Waals surface area contributed by atoms with Gasteiger partial charge in [-0.1, -0.05) is 0 Å². The normalized spacial score (nSPS) is 19.7. The van der Waals surface area contributed by atoms with Crippen LogP contribution in [0.2, 0.25) is 0 Å². The molecule has 1 aromatic rings. The van der Waals surface area contributed by atoms with E-state index in [0.29, 0.717) is 6.04 Å². The highest BCUT2D eigenvalue weighted by Gasteiger charge is 2.33. The van der Waals surface area contributed by atoms with E-state index < -0.39 is 0 Å². The highest BCUT2D eigenvalue weighted by atomic mass is 15.3. The lowest BCUT2D eigenvalue weighted by atomic mass is 9.75. The minimum atomic E-state index is 0.0517. The van der Waals surface area contributed by atoms with Crippen molar-refractivity contribution in [2.75, 3.05) is 0 Å². The number of rotatable bonds is 3. The Hall–Kier alpha value is -0.830. The summed E-state index contributed by atoms with van der Waals surface area (Å²) in [5.41, 5.74) is 7.36. The fraction of sp³-hybridized carbons (Fsp3) is 0.727. The first-order chi connectivity index (χ1) is 6.59. The summed E-state index contributed by atoms with van der Waals surface area (Å²) < 4.78 is 2.00. The monoisotopic (exact) mass is 193 g/mol. The zero-order valence-corrected chi connectivity index (χ0v) is 9.03. The first-order valence-electron chi connectivity index (χ1n) is 5.42. The van der Waals surface area contributed by atoms with Gasteiger partial charge < -0.3 is 5.73 Å². The Labute approximate surface area is 85.3 Å². The maximum absolute atomic E-state index is 6.17. The molecule has 0 aromatic carbocycles. The largest absolute Gasteiger partial charge is 0.325 e. The lowest BCUT2D eigenvalue weighted by molar-refractivity contribution is 0.245. The maximum atomic E-state index is 6.17. The van der Waals surface area contributed by atoms with Gasteiger partial charge in [-0.25, -0.2) is 0 Å². The summed E-state index contributed by atoms with van der Waals surface area (Å²) in [7, 11) is 0. The van der Waals surface area contributed by atoms with Gasteiger partial charge in [0.25, 0.3) is 0 Å². The Kier molecular flexibility index (Phi) is 2.35. The third-order valence-corrected chi connectivity index (χ3v) is 3.08. The lowest BCUT2D eigenvalue weighted by Gasteiger charge is -2.37. The van der Waals surface area contributed by atoms with Gasteiger partial charge in [-0.05, 0) is 39.2 Å². The first kappa shape index (κ1) is 9.71. The van der Waals surface area contributed by atoms with Crippen molar-refractivity contribution in [1.82, 2.24) is 9.78 Å². The average Bonchev–Trinajstić information content (AvgIpc) is 2.50. The van der Waals surface area contributed by atoms with E-state index in [1.54, 1.807) is 0 Å². The van der Waals surface area contributed by atoms with E-state index in [0.717, 1.165) is 25.0 Å². The quantitative estimate of drug-likeness (QED) is 0.796. The lowest BCUT2D eigenvalue weighted by Crippen LogP contribution is -2.48. The van der Waals surface area contributed by atoms with Gasteiger partial charge >= 0.3 is 0 Å². The SMILES string of the molecule is CC(C)n1ccc(CC2(N)CCC2)n1. The van der Waals surface area contributed by atoms with Gasteiger partial charge in [0, 0.05) is 24.2 Å². The van der Waals surface area contributed by atoms with Gasteiger partial charge in [0.1, 0.15) is 0 Å². The fourth-order valence-corrected chi connectivity index (χ4v) is 1.93. The standard InChI is InChI=1S/C11H19N3/c1-9(2)14-7-4-10(13-14)8-11(12)5-3-6-11/h4,7,9H,3,5-6,8,12H2,1-2H3. The number of hydrogen-bond donors (Lipinski definition) is 1. The van der Waals surface area contributed by atoms with Crippen LogP contribution in [0.25, 0.3) is 0 Å². The molecule has 78 valence electrons. The van der Waals surface area contributed by atoms with E-state index in [-0.39, 0.29) is 5.54 Å². The molecule has 14 heavy (non-hydrogen) atoms. The second-order valence-corrected chi connectivity index (χ2v) is 4.77. The van der Waals surface area contributed by atoms with Crippen LogP contribution >= 0.6 is 0 Å². The van der Waals surface area contributed by atoms with Crippen LogP contribution in [-0.2, 0) is 6.42 Å². The molecule has 0 saturated heterocycles. The van der Waals surface area contributed by atoms with Crippen molar-refractivity contribution in [3.63, 3.8) is 0 Å². The predicted molar refractivity (Wildman–Crippen MR) is 57.1 cm³/mol. The molecule has 3 heteroatoms. The molecule has 1 aromatic heterocycles. The number of nitrogens with zero attached hydrogens (tertiary/aromatic N) is 2. The Morgan fingerprint density at radius 3 is 2.71 bits per heavy atom. The summed E-state index contributed by atoms with van der Waals surface area (Å²) in [6.45, 7) is 4.27. The van der Waals surface area contributed by atoms with Crippen molar-refractivity contribution in [2.45, 2.75) is 51.1 Å². The third-order valence-electron chi connectivity index (χ3n) is 3.08. The van der Waals surface area contributed by atoms with Crippen LogP contribution in [0.3, 0.4) is 0 Å². The summed E-state index contributed by atoms with van der Waals surface area (Å²) >= 11 is 0. The smallest absolute Gasteiger partial charge is 0.0643 e. The third kappa shape index (κ3) is 1.82. The molecule has 0 unspecified atom stereocenters. The van der Waals surface area contributed by atoms with Gasteiger partial charge in [-0.15, -0.1) is 0 Å². The van der Waals surface area contributed by atoms with Crippen LogP contribution in [0.1, 0.15) is 44.8 Å². The van der Waals surface area contributed by atoms with Gasteiger partial charge in [0.05, 0.1) is 5.69 Å². The van der Waals surface area contributed by atoms with Crippen LogP contribution < -0.4 is 5.73 Å². The molecule has 0 aliphatic heterocycles. The molecule has 1 aliphatic carbocycles. The molecule has 1 heterocycles. The highest BCUT2D eigenvalue weighted by molar-refractivity contribution is 5.08. The molecule has 0 radical (unpaired) electrons. The second kappa shape index (κ2) is 3.39. The Bertz CT molecular complexity index is 310. The Morgan fingerprint density at radius 2 is 2.29 bits per heavy atom. The molecule has 0 amide bonds. The molecule has 1 saturated carbocycles. The van der Waals surface area contributed by atoms with Crippen LogP contribution in [0.5, 0.6) is 0 Å². The number of aromatic nitrogens is 2. The molecule has 0 spiro atoms. The van der Waals surface area contributed by atoms with Crippen LogP contribution in [-0.4, -0.2) is 15.3 Å². The van der Waals surface area contributed by atoms with Gasteiger partial charge in [0.2, 0.25) is 0 Å². The van der Waals surface area contributed by atoms with Crippen molar-refractivity contribution in [3.8, 4) is 0 Å². The molecule has 1 fully saturated rings. The Balaban J connectivity index is 2.02. The summed E-state index contributed by atoms with van der Waals surface area (Å²) in [6, 6.07) is 2.53. The zero-order valence-electron chi connectivity index (χ0n) is 9.03. The van der Waals surface area contributed by atoms with E-state index in [9.17, 15) is 0 Å². The molecule has 3 nitrogen and oxygen atoms in total. The van der Waals surface area contributed by atoms with E-state index in [1.165, 1.54) is 6.42 Å². The Morgan fingerprint density at radius 1 is 1.57 bits per heavy atom. The topological polar surface area (TPSA) is 43.8 Å². The first-order valence-corrected chi connectivity index (χ1v) is 5.42. The average molecular weight is 193 g/mol. The van der Waals surface area contributed by atoms with Gasteiger partial charge in [0.15, 0.2) is 0 Å². The zero-order chi connectivity index (χ0) is 10.2. The highest BCUT2D eigenvalue weighted by Crippen LogP contribution is 2.31. The van der Waals surface area contributed by atoms with E-state index in [2.05, 4.69) is 25.0 Å². The van der Waals surface area contributed by atoms with Crippen molar-refractivity contribution in [3.05, 3.63) is 18.0 Å². The molecule has 0 bridgehead atoms. The second-order valence-electron chi connectivity index (χ2n) is 4.77. The number of hydrogen-bond acceptors (Lipinski definition) is 2.